The molecule has 2 aliphatic heterocycles. The lowest BCUT2D eigenvalue weighted by Crippen LogP contribution is -2.49. The maximum Gasteiger partial charge on any atom is 0.269 e. The topological polar surface area (TPSA) is 74.0 Å². The molecule has 0 amide bonds. The van der Waals surface area contributed by atoms with Crippen molar-refractivity contribution >= 4 is 22.9 Å². The van der Waals surface area contributed by atoms with Crippen molar-refractivity contribution in [2.24, 2.45) is 4.99 Å². The van der Waals surface area contributed by atoms with Crippen molar-refractivity contribution in [1.29, 1.82) is 0 Å². The molecule has 3 atom stereocenters. The molecule has 0 saturated heterocycles. The van der Waals surface area contributed by atoms with Gasteiger partial charge >= 0.3 is 0 Å². The van der Waals surface area contributed by atoms with Crippen LogP contribution in [0.15, 0.2) is 53.5 Å². The van der Waals surface area contributed by atoms with Gasteiger partial charge in [-0.05, 0) is 17.7 Å². The zero-order valence-electron chi connectivity index (χ0n) is 15.0. The van der Waals surface area contributed by atoms with Crippen LogP contribution in [0.5, 0.6) is 0 Å². The van der Waals surface area contributed by atoms with E-state index in [2.05, 4.69) is 29.4 Å². The highest BCUT2D eigenvalue weighted by Crippen LogP contribution is 2.42. The third-order valence-corrected chi connectivity index (χ3v) is 5.17. The Kier molecular flexibility index (Phi) is 3.79. The van der Waals surface area contributed by atoms with Crippen molar-refractivity contribution in [2.75, 3.05) is 31.4 Å². The highest BCUT2D eigenvalue weighted by Gasteiger charge is 2.46. The third-order valence-electron chi connectivity index (χ3n) is 5.17. The molecular formula is C19H21N5O2. The summed E-state index contributed by atoms with van der Waals surface area (Å²) >= 11 is 0. The SMILES string of the molecule is CN(C)C1=N[C@H]2Nc3ccccc3N(C)[C@H]2[C@@H]1c1ccc([N+](=O)[O-])cc1. The van der Waals surface area contributed by atoms with Gasteiger partial charge in [-0.25, -0.2) is 4.99 Å². The Morgan fingerprint density at radius 3 is 2.50 bits per heavy atom. The summed E-state index contributed by atoms with van der Waals surface area (Å²) in [4.78, 5) is 19.8. The van der Waals surface area contributed by atoms with E-state index in [0.29, 0.717) is 0 Å². The molecule has 0 spiro atoms. The molecule has 2 heterocycles. The van der Waals surface area contributed by atoms with E-state index in [1.54, 1.807) is 12.1 Å². The van der Waals surface area contributed by atoms with Gasteiger partial charge in [-0.1, -0.05) is 24.3 Å². The van der Waals surface area contributed by atoms with Crippen LogP contribution in [-0.2, 0) is 0 Å². The molecule has 7 nitrogen and oxygen atoms in total. The quantitative estimate of drug-likeness (QED) is 0.665. The van der Waals surface area contributed by atoms with Crippen LogP contribution in [-0.4, -0.2) is 49.0 Å². The van der Waals surface area contributed by atoms with Crippen molar-refractivity contribution in [3.63, 3.8) is 0 Å². The van der Waals surface area contributed by atoms with Gasteiger partial charge in [0.05, 0.1) is 28.3 Å². The van der Waals surface area contributed by atoms with Crippen LogP contribution in [0.4, 0.5) is 17.1 Å². The van der Waals surface area contributed by atoms with Gasteiger partial charge in [0.2, 0.25) is 0 Å². The van der Waals surface area contributed by atoms with Crippen LogP contribution in [0.25, 0.3) is 0 Å². The minimum absolute atomic E-state index is 0.0293. The zero-order valence-corrected chi connectivity index (χ0v) is 15.0. The summed E-state index contributed by atoms with van der Waals surface area (Å²) in [5, 5.41) is 14.5. The predicted molar refractivity (Wildman–Crippen MR) is 103 cm³/mol. The van der Waals surface area contributed by atoms with E-state index in [4.69, 9.17) is 4.99 Å². The van der Waals surface area contributed by atoms with Gasteiger partial charge in [0.1, 0.15) is 12.0 Å². The molecule has 134 valence electrons. The first-order valence-electron chi connectivity index (χ1n) is 8.55. The number of nitro benzene ring substituents is 1. The van der Waals surface area contributed by atoms with E-state index < -0.39 is 0 Å². The van der Waals surface area contributed by atoms with E-state index in [1.165, 1.54) is 0 Å². The number of benzene rings is 2. The van der Waals surface area contributed by atoms with Crippen LogP contribution in [0, 0.1) is 10.1 Å². The Morgan fingerprint density at radius 1 is 1.15 bits per heavy atom. The number of amidine groups is 1. The molecule has 0 aliphatic carbocycles. The maximum absolute atomic E-state index is 11.0. The first-order valence-corrected chi connectivity index (χ1v) is 8.55. The first kappa shape index (κ1) is 16.4. The van der Waals surface area contributed by atoms with Crippen molar-refractivity contribution in [1.82, 2.24) is 4.90 Å². The predicted octanol–water partition coefficient (Wildman–Crippen LogP) is 2.91. The van der Waals surface area contributed by atoms with E-state index in [9.17, 15) is 10.1 Å². The van der Waals surface area contributed by atoms with Crippen LogP contribution in [0.2, 0.25) is 0 Å². The number of hydrogen-bond acceptors (Lipinski definition) is 6. The zero-order chi connectivity index (χ0) is 18.4. The number of para-hydroxylation sites is 2. The standard InChI is InChI=1S/C19H21N5O2/c1-22(2)19-16(12-8-10-13(11-9-12)24(25)26)17-18(21-19)20-14-6-4-5-7-15(14)23(17)3/h4-11,16-18,20H,1-3H3/t16-,17-,18+/m0/s1. The smallest absolute Gasteiger partial charge is 0.269 e. The molecule has 1 N–H and O–H groups in total. The van der Waals surface area contributed by atoms with Gasteiger partial charge in [-0.2, -0.15) is 0 Å². The van der Waals surface area contributed by atoms with Gasteiger partial charge in [0.15, 0.2) is 0 Å². The summed E-state index contributed by atoms with van der Waals surface area (Å²) in [5.41, 5.74) is 3.34. The molecule has 0 unspecified atom stereocenters. The lowest BCUT2D eigenvalue weighted by molar-refractivity contribution is -0.384. The molecule has 2 aromatic rings. The highest BCUT2D eigenvalue weighted by molar-refractivity contribution is 5.94. The molecule has 26 heavy (non-hydrogen) atoms. The number of aliphatic imine (C=N–C) groups is 1. The minimum atomic E-state index is -0.368. The third kappa shape index (κ3) is 2.47. The van der Waals surface area contributed by atoms with Crippen molar-refractivity contribution in [2.45, 2.75) is 18.1 Å². The first-order chi connectivity index (χ1) is 12.5. The van der Waals surface area contributed by atoms with Crippen LogP contribution in [0.3, 0.4) is 0 Å². The highest BCUT2D eigenvalue weighted by atomic mass is 16.6. The molecule has 4 rings (SSSR count). The lowest BCUT2D eigenvalue weighted by atomic mass is 9.88. The summed E-state index contributed by atoms with van der Waals surface area (Å²) in [5.74, 6) is 1.00. The van der Waals surface area contributed by atoms with Crippen LogP contribution >= 0.6 is 0 Å². The fraction of sp³-hybridized carbons (Fsp3) is 0.316. The number of nitrogens with zero attached hydrogens (tertiary/aromatic N) is 4. The Morgan fingerprint density at radius 2 is 1.85 bits per heavy atom. The summed E-state index contributed by atoms with van der Waals surface area (Å²) in [7, 11) is 6.06. The maximum atomic E-state index is 11.0. The fourth-order valence-electron chi connectivity index (χ4n) is 3.95. The number of anilines is 2. The molecular weight excluding hydrogens is 330 g/mol. The second-order valence-corrected chi connectivity index (χ2v) is 6.92. The van der Waals surface area contributed by atoms with Gasteiger partial charge in [0, 0.05) is 33.3 Å². The monoisotopic (exact) mass is 351 g/mol. The Balaban J connectivity index is 1.77. The summed E-state index contributed by atoms with van der Waals surface area (Å²) in [6.45, 7) is 0. The molecule has 0 saturated carbocycles. The molecule has 2 aliphatic rings. The van der Waals surface area contributed by atoms with Gasteiger partial charge < -0.3 is 15.1 Å². The summed E-state index contributed by atoms with van der Waals surface area (Å²) in [6.07, 6.45) is -0.0625. The normalized spacial score (nSPS) is 23.6. The molecule has 0 radical (unpaired) electrons. The summed E-state index contributed by atoms with van der Waals surface area (Å²) in [6, 6.07) is 15.1. The number of nitro groups is 1. The second-order valence-electron chi connectivity index (χ2n) is 6.92. The lowest BCUT2D eigenvalue weighted by Gasteiger charge is -2.41. The molecule has 0 fully saturated rings. The molecule has 2 aromatic carbocycles. The van der Waals surface area contributed by atoms with E-state index in [0.717, 1.165) is 22.8 Å². The number of nitrogens with one attached hydrogen (secondary N) is 1. The molecule has 7 heteroatoms. The number of non-ortho nitro benzene ring substituents is 1. The molecule has 0 aromatic heterocycles. The fourth-order valence-corrected chi connectivity index (χ4v) is 3.95. The average Bonchev–Trinajstić information content (AvgIpc) is 3.02. The molecule has 0 bridgehead atoms. The van der Waals surface area contributed by atoms with E-state index in [-0.39, 0.29) is 28.7 Å². The number of likely N-dealkylation sites (N-methyl/N-ethyl adjacent to an activating group) is 2. The van der Waals surface area contributed by atoms with Crippen LogP contribution < -0.4 is 10.2 Å². The van der Waals surface area contributed by atoms with Gasteiger partial charge in [-0.15, -0.1) is 0 Å². The number of fused-ring (bicyclic) bond motifs is 2. The summed E-state index contributed by atoms with van der Waals surface area (Å²) < 4.78 is 0. The minimum Gasteiger partial charge on any atom is -0.366 e. The van der Waals surface area contributed by atoms with Crippen molar-refractivity contribution in [3.05, 3.63) is 64.2 Å². The number of rotatable bonds is 2. The van der Waals surface area contributed by atoms with Crippen molar-refractivity contribution < 1.29 is 4.92 Å². The Labute approximate surface area is 152 Å². The Hall–Kier alpha value is -3.09. The Bertz CT molecular complexity index is 878. The van der Waals surface area contributed by atoms with Crippen molar-refractivity contribution in [3.8, 4) is 0 Å². The van der Waals surface area contributed by atoms with Crippen LogP contribution in [0.1, 0.15) is 11.5 Å². The number of hydrogen-bond donors (Lipinski definition) is 1. The largest absolute Gasteiger partial charge is 0.366 e. The average molecular weight is 351 g/mol. The van der Waals surface area contributed by atoms with Gasteiger partial charge in [0.25, 0.3) is 5.69 Å². The van der Waals surface area contributed by atoms with E-state index >= 15 is 0 Å². The van der Waals surface area contributed by atoms with Gasteiger partial charge in [-0.3, -0.25) is 10.1 Å². The second kappa shape index (κ2) is 6.01. The van der Waals surface area contributed by atoms with E-state index in [1.807, 2.05) is 43.3 Å².